The molecule has 0 heterocycles. The van der Waals surface area contributed by atoms with Gasteiger partial charge in [-0.1, -0.05) is 22.9 Å². The Kier molecular flexibility index (Phi) is 5.66. The standard InChI is InChI=1S/C11H13BrF3NS/c1-2-17-4-3-16-10-6-8(11(13,14)15)5-9(12)7-10/h5-7,16H,2-4H2,1H3. The molecule has 1 nitrogen and oxygen atoms in total. The Balaban J connectivity index is 2.69. The number of hydrogen-bond donors (Lipinski definition) is 1. The summed E-state index contributed by atoms with van der Waals surface area (Å²) in [6.07, 6.45) is -4.31. The van der Waals surface area contributed by atoms with Gasteiger partial charge in [0.05, 0.1) is 5.56 Å². The van der Waals surface area contributed by atoms with Gasteiger partial charge in [-0.05, 0) is 24.0 Å². The topological polar surface area (TPSA) is 12.0 Å². The van der Waals surface area contributed by atoms with Crippen molar-refractivity contribution < 1.29 is 13.2 Å². The smallest absolute Gasteiger partial charge is 0.384 e. The number of benzene rings is 1. The van der Waals surface area contributed by atoms with Gasteiger partial charge in [0.15, 0.2) is 0 Å². The van der Waals surface area contributed by atoms with Gasteiger partial charge < -0.3 is 5.32 Å². The van der Waals surface area contributed by atoms with Crippen molar-refractivity contribution in [1.82, 2.24) is 0 Å². The van der Waals surface area contributed by atoms with Crippen LogP contribution in [0.4, 0.5) is 18.9 Å². The minimum absolute atomic E-state index is 0.429. The van der Waals surface area contributed by atoms with E-state index in [9.17, 15) is 13.2 Å². The number of alkyl halides is 3. The zero-order valence-corrected chi connectivity index (χ0v) is 11.7. The first-order valence-electron chi connectivity index (χ1n) is 5.13. The molecule has 0 aromatic heterocycles. The van der Waals surface area contributed by atoms with E-state index >= 15 is 0 Å². The molecule has 96 valence electrons. The highest BCUT2D eigenvalue weighted by Crippen LogP contribution is 2.33. The summed E-state index contributed by atoms with van der Waals surface area (Å²) in [7, 11) is 0. The van der Waals surface area contributed by atoms with E-state index < -0.39 is 11.7 Å². The van der Waals surface area contributed by atoms with Crippen molar-refractivity contribution in [2.45, 2.75) is 13.1 Å². The zero-order chi connectivity index (χ0) is 12.9. The number of hydrogen-bond acceptors (Lipinski definition) is 2. The molecular formula is C11H13BrF3NS. The molecule has 0 bridgehead atoms. The minimum Gasteiger partial charge on any atom is -0.384 e. The molecule has 0 atom stereocenters. The van der Waals surface area contributed by atoms with Crippen LogP contribution in [0, 0.1) is 0 Å². The first-order valence-corrected chi connectivity index (χ1v) is 7.07. The molecule has 0 fully saturated rings. The lowest BCUT2D eigenvalue weighted by atomic mass is 10.2. The molecule has 0 saturated heterocycles. The van der Waals surface area contributed by atoms with Gasteiger partial charge in [0.1, 0.15) is 0 Å². The van der Waals surface area contributed by atoms with Crippen LogP contribution in [0.2, 0.25) is 0 Å². The van der Waals surface area contributed by atoms with Crippen LogP contribution < -0.4 is 5.32 Å². The highest BCUT2D eigenvalue weighted by molar-refractivity contribution is 9.10. The van der Waals surface area contributed by atoms with E-state index in [0.29, 0.717) is 16.7 Å². The van der Waals surface area contributed by atoms with Crippen molar-refractivity contribution in [2.24, 2.45) is 0 Å². The SMILES string of the molecule is CCSCCNc1cc(Br)cc(C(F)(F)F)c1. The molecule has 0 radical (unpaired) electrons. The lowest BCUT2D eigenvalue weighted by Crippen LogP contribution is -2.08. The number of nitrogens with one attached hydrogen (secondary N) is 1. The molecule has 6 heteroatoms. The van der Waals surface area contributed by atoms with Crippen LogP contribution in [-0.2, 0) is 6.18 Å². The highest BCUT2D eigenvalue weighted by Gasteiger charge is 2.31. The first kappa shape index (κ1) is 14.7. The van der Waals surface area contributed by atoms with E-state index in [0.717, 1.165) is 23.6 Å². The summed E-state index contributed by atoms with van der Waals surface area (Å²) in [4.78, 5) is 0. The third-order valence-corrected chi connectivity index (χ3v) is 3.36. The van der Waals surface area contributed by atoms with Gasteiger partial charge in [0, 0.05) is 22.5 Å². The second kappa shape index (κ2) is 6.54. The normalized spacial score (nSPS) is 11.6. The summed E-state index contributed by atoms with van der Waals surface area (Å²) in [5.74, 6) is 1.89. The fraction of sp³-hybridized carbons (Fsp3) is 0.455. The van der Waals surface area contributed by atoms with Crippen molar-refractivity contribution >= 4 is 33.4 Å². The van der Waals surface area contributed by atoms with Gasteiger partial charge in [-0.3, -0.25) is 0 Å². The Hall–Kier alpha value is -0.360. The second-order valence-corrected chi connectivity index (χ2v) is 5.66. The molecule has 0 aliphatic heterocycles. The van der Waals surface area contributed by atoms with Gasteiger partial charge in [-0.15, -0.1) is 0 Å². The molecule has 0 aliphatic rings. The molecule has 1 rings (SSSR count). The summed E-state index contributed by atoms with van der Waals surface area (Å²) in [5.41, 5.74) is -0.152. The molecule has 1 aromatic carbocycles. The summed E-state index contributed by atoms with van der Waals surface area (Å²) < 4.78 is 38.0. The fourth-order valence-electron chi connectivity index (χ4n) is 1.27. The molecule has 1 N–H and O–H groups in total. The Bertz CT molecular complexity index is 368. The van der Waals surface area contributed by atoms with Crippen LogP contribution in [0.15, 0.2) is 22.7 Å². The quantitative estimate of drug-likeness (QED) is 0.791. The van der Waals surface area contributed by atoms with E-state index in [1.54, 1.807) is 17.8 Å². The molecule has 0 amide bonds. The third kappa shape index (κ3) is 5.21. The second-order valence-electron chi connectivity index (χ2n) is 3.35. The van der Waals surface area contributed by atoms with Gasteiger partial charge >= 0.3 is 6.18 Å². The molecule has 0 spiro atoms. The summed E-state index contributed by atoms with van der Waals surface area (Å²) in [6, 6.07) is 3.85. The highest BCUT2D eigenvalue weighted by atomic mass is 79.9. The molecule has 0 unspecified atom stereocenters. The predicted octanol–water partition coefficient (Wildman–Crippen LogP) is 4.63. The van der Waals surface area contributed by atoms with E-state index in [4.69, 9.17) is 0 Å². The molecule has 0 aliphatic carbocycles. The van der Waals surface area contributed by atoms with E-state index in [2.05, 4.69) is 21.2 Å². The third-order valence-electron chi connectivity index (χ3n) is 2.00. The maximum Gasteiger partial charge on any atom is 0.416 e. The minimum atomic E-state index is -4.31. The number of thioether (sulfide) groups is 1. The van der Waals surface area contributed by atoms with Gasteiger partial charge in [-0.2, -0.15) is 24.9 Å². The maximum absolute atomic E-state index is 12.5. The zero-order valence-electron chi connectivity index (χ0n) is 9.27. The number of anilines is 1. The van der Waals surface area contributed by atoms with Crippen molar-refractivity contribution in [3.8, 4) is 0 Å². The van der Waals surface area contributed by atoms with E-state index in [1.807, 2.05) is 6.92 Å². The monoisotopic (exact) mass is 327 g/mol. The fourth-order valence-corrected chi connectivity index (χ4v) is 2.30. The number of halogens is 4. The maximum atomic E-state index is 12.5. The summed E-state index contributed by atoms with van der Waals surface area (Å²) in [6.45, 7) is 2.71. The average Bonchev–Trinajstić information content (AvgIpc) is 2.22. The van der Waals surface area contributed by atoms with Crippen molar-refractivity contribution in [1.29, 1.82) is 0 Å². The van der Waals surface area contributed by atoms with E-state index in [1.165, 1.54) is 0 Å². The Labute approximate surface area is 111 Å². The predicted molar refractivity (Wildman–Crippen MR) is 70.6 cm³/mol. The molecule has 1 aromatic rings. The molecule has 0 saturated carbocycles. The van der Waals surface area contributed by atoms with E-state index in [-0.39, 0.29) is 0 Å². The van der Waals surface area contributed by atoms with Gasteiger partial charge in [0.2, 0.25) is 0 Å². The Morgan fingerprint density at radius 1 is 1.29 bits per heavy atom. The van der Waals surface area contributed by atoms with Gasteiger partial charge in [-0.25, -0.2) is 0 Å². The van der Waals surface area contributed by atoms with Gasteiger partial charge in [0.25, 0.3) is 0 Å². The van der Waals surface area contributed by atoms with Crippen molar-refractivity contribution in [3.63, 3.8) is 0 Å². The van der Waals surface area contributed by atoms with Crippen LogP contribution in [0.5, 0.6) is 0 Å². The van der Waals surface area contributed by atoms with Crippen LogP contribution in [0.25, 0.3) is 0 Å². The lowest BCUT2D eigenvalue weighted by Gasteiger charge is -2.11. The summed E-state index contributed by atoms with van der Waals surface area (Å²) >= 11 is 4.83. The van der Waals surface area contributed by atoms with Crippen molar-refractivity contribution in [2.75, 3.05) is 23.4 Å². The van der Waals surface area contributed by atoms with Crippen LogP contribution in [0.3, 0.4) is 0 Å². The Morgan fingerprint density at radius 2 is 2.00 bits per heavy atom. The van der Waals surface area contributed by atoms with Crippen LogP contribution in [-0.4, -0.2) is 18.1 Å². The van der Waals surface area contributed by atoms with Crippen LogP contribution in [0.1, 0.15) is 12.5 Å². The Morgan fingerprint density at radius 3 is 2.59 bits per heavy atom. The first-order chi connectivity index (χ1) is 7.93. The molecule has 17 heavy (non-hydrogen) atoms. The molecular weight excluding hydrogens is 315 g/mol. The average molecular weight is 328 g/mol. The number of rotatable bonds is 5. The van der Waals surface area contributed by atoms with Crippen LogP contribution >= 0.6 is 27.7 Å². The summed E-state index contributed by atoms with van der Waals surface area (Å²) in [5, 5.41) is 2.98. The largest absolute Gasteiger partial charge is 0.416 e. The van der Waals surface area contributed by atoms with Crippen molar-refractivity contribution in [3.05, 3.63) is 28.2 Å². The lowest BCUT2D eigenvalue weighted by molar-refractivity contribution is -0.137.